The zero-order valence-corrected chi connectivity index (χ0v) is 10.3. The predicted octanol–water partition coefficient (Wildman–Crippen LogP) is 3.94. The van der Waals surface area contributed by atoms with E-state index in [1.54, 1.807) is 6.08 Å². The molecule has 2 rings (SSSR count). The Morgan fingerprint density at radius 3 is 2.69 bits per heavy atom. The second kappa shape index (κ2) is 5.03. The summed E-state index contributed by atoms with van der Waals surface area (Å²) in [5, 5.41) is 0. The number of hydrogen-bond acceptors (Lipinski definition) is 1. The van der Waals surface area contributed by atoms with Crippen molar-refractivity contribution in [2.24, 2.45) is 0 Å². The Kier molecular flexibility index (Phi) is 3.67. The highest BCUT2D eigenvalue weighted by atomic mass is 35.5. The summed E-state index contributed by atoms with van der Waals surface area (Å²) >= 11 is 11.4. The molecule has 1 nitrogen and oxygen atoms in total. The molecule has 0 saturated carbocycles. The molecule has 0 atom stereocenters. The number of carbonyl (C=O) groups excluding carboxylic acids is 1. The lowest BCUT2D eigenvalue weighted by atomic mass is 10.0. The molecular formula is C13H12Cl2O. The Morgan fingerprint density at radius 1 is 1.19 bits per heavy atom. The highest BCUT2D eigenvalue weighted by Gasteiger charge is 2.19. The van der Waals surface area contributed by atoms with Gasteiger partial charge in [-0.05, 0) is 36.5 Å². The van der Waals surface area contributed by atoms with Gasteiger partial charge in [-0.15, -0.1) is 23.2 Å². The molecule has 0 aliphatic heterocycles. The van der Waals surface area contributed by atoms with Crippen LogP contribution in [0.2, 0.25) is 0 Å². The summed E-state index contributed by atoms with van der Waals surface area (Å²) in [6, 6.07) is 7.73. The third-order valence-electron chi connectivity index (χ3n) is 2.77. The molecule has 0 radical (unpaired) electrons. The van der Waals surface area contributed by atoms with Gasteiger partial charge in [0.15, 0.2) is 5.78 Å². The van der Waals surface area contributed by atoms with Crippen LogP contribution in [0.15, 0.2) is 35.9 Å². The minimum absolute atomic E-state index is 0.0689. The summed E-state index contributed by atoms with van der Waals surface area (Å²) in [6.45, 7) is 0. The van der Waals surface area contributed by atoms with Crippen LogP contribution in [0.5, 0.6) is 0 Å². The molecule has 0 amide bonds. The number of halogens is 2. The number of ketones is 1. The van der Waals surface area contributed by atoms with Crippen LogP contribution in [0.4, 0.5) is 0 Å². The summed E-state index contributed by atoms with van der Waals surface area (Å²) < 4.78 is 0. The average Bonchev–Trinajstić information content (AvgIpc) is 2.40. The number of aryl methyl sites for hydroxylation is 1. The van der Waals surface area contributed by atoms with Crippen molar-refractivity contribution < 1.29 is 4.79 Å². The fourth-order valence-corrected chi connectivity index (χ4v) is 2.33. The number of benzene rings is 1. The zero-order chi connectivity index (χ0) is 11.5. The van der Waals surface area contributed by atoms with E-state index in [0.717, 1.165) is 36.0 Å². The van der Waals surface area contributed by atoms with Gasteiger partial charge in [-0.1, -0.05) is 24.3 Å². The molecule has 0 saturated heterocycles. The lowest BCUT2D eigenvalue weighted by Gasteiger charge is -2.04. The second-order valence-electron chi connectivity index (χ2n) is 3.87. The number of alkyl halides is 2. The molecule has 1 aromatic carbocycles. The van der Waals surface area contributed by atoms with E-state index in [1.807, 2.05) is 24.3 Å². The van der Waals surface area contributed by atoms with Crippen molar-refractivity contribution in [1.82, 2.24) is 0 Å². The largest absolute Gasteiger partial charge is 0.289 e. The molecule has 3 heteroatoms. The van der Waals surface area contributed by atoms with Gasteiger partial charge in [0.2, 0.25) is 0 Å². The van der Waals surface area contributed by atoms with Gasteiger partial charge in [-0.2, -0.15) is 0 Å². The predicted molar refractivity (Wildman–Crippen MR) is 67.3 cm³/mol. The summed E-state index contributed by atoms with van der Waals surface area (Å²) in [4.78, 5) is 11.6. The maximum absolute atomic E-state index is 12.2. The average molecular weight is 255 g/mol. The first-order chi connectivity index (χ1) is 7.68. The molecule has 0 aromatic heterocycles. The summed E-state index contributed by atoms with van der Waals surface area (Å²) in [5.41, 5.74) is 2.65. The minimum Gasteiger partial charge on any atom is -0.289 e. The topological polar surface area (TPSA) is 17.1 Å². The molecule has 84 valence electrons. The lowest BCUT2D eigenvalue weighted by molar-refractivity contribution is 0.103. The van der Waals surface area contributed by atoms with E-state index in [0.29, 0.717) is 0 Å². The fourth-order valence-electron chi connectivity index (χ4n) is 2.03. The van der Waals surface area contributed by atoms with E-state index in [2.05, 4.69) is 0 Å². The van der Waals surface area contributed by atoms with Crippen LogP contribution in [0.25, 0.3) is 0 Å². The van der Waals surface area contributed by atoms with E-state index in [9.17, 15) is 4.79 Å². The van der Waals surface area contributed by atoms with Gasteiger partial charge in [0.05, 0.1) is 0 Å². The first-order valence-electron chi connectivity index (χ1n) is 5.30. The first kappa shape index (κ1) is 11.7. The Balaban J connectivity index is 2.41. The lowest BCUT2D eigenvalue weighted by Crippen LogP contribution is -2.04. The summed E-state index contributed by atoms with van der Waals surface area (Å²) in [7, 11) is 0. The van der Waals surface area contributed by atoms with Crippen molar-refractivity contribution in [2.45, 2.75) is 24.1 Å². The van der Waals surface area contributed by atoms with E-state index >= 15 is 0 Å². The number of hydrogen-bond donors (Lipinski definition) is 0. The Bertz CT molecular complexity index is 435. The number of allylic oxidation sites excluding steroid dienone is 2. The maximum atomic E-state index is 12.2. The van der Waals surface area contributed by atoms with Gasteiger partial charge in [-0.3, -0.25) is 4.79 Å². The molecular weight excluding hydrogens is 243 g/mol. The molecule has 1 aliphatic carbocycles. The monoisotopic (exact) mass is 254 g/mol. The van der Waals surface area contributed by atoms with E-state index in [-0.39, 0.29) is 5.78 Å². The van der Waals surface area contributed by atoms with Gasteiger partial charge in [0, 0.05) is 5.56 Å². The zero-order valence-electron chi connectivity index (χ0n) is 8.75. The molecule has 0 heterocycles. The van der Waals surface area contributed by atoms with Crippen LogP contribution in [0, 0.1) is 0 Å². The van der Waals surface area contributed by atoms with Crippen LogP contribution in [-0.4, -0.2) is 10.6 Å². The molecule has 0 N–H and O–H groups in total. The van der Waals surface area contributed by atoms with Crippen molar-refractivity contribution in [2.75, 3.05) is 0 Å². The summed E-state index contributed by atoms with van der Waals surface area (Å²) in [5.74, 6) is 0.0689. The quantitative estimate of drug-likeness (QED) is 0.422. The van der Waals surface area contributed by atoms with Crippen LogP contribution in [-0.2, 0) is 6.42 Å². The summed E-state index contributed by atoms with van der Waals surface area (Å²) in [6.07, 6.45) is 4.31. The Labute approximate surface area is 105 Å². The van der Waals surface area contributed by atoms with Gasteiger partial charge < -0.3 is 0 Å². The highest BCUT2D eigenvalue weighted by molar-refractivity contribution is 6.45. The maximum Gasteiger partial charge on any atom is 0.189 e. The fraction of sp³-hybridized carbons (Fsp3) is 0.308. The number of Topliss-reactive ketones (excluding diaryl/α,β-unsaturated/α-hetero) is 1. The van der Waals surface area contributed by atoms with Crippen molar-refractivity contribution in [1.29, 1.82) is 0 Å². The van der Waals surface area contributed by atoms with Crippen LogP contribution in [0.3, 0.4) is 0 Å². The van der Waals surface area contributed by atoms with E-state index < -0.39 is 4.84 Å². The van der Waals surface area contributed by atoms with Gasteiger partial charge in [0.25, 0.3) is 0 Å². The molecule has 1 aromatic rings. The second-order valence-corrected chi connectivity index (χ2v) is 5.03. The van der Waals surface area contributed by atoms with Gasteiger partial charge in [0.1, 0.15) is 4.84 Å². The van der Waals surface area contributed by atoms with Crippen LogP contribution < -0.4 is 0 Å². The standard InChI is InChI=1S/C13H12Cl2O/c14-12(15)8-10-6-3-5-9-4-1-2-7-11(9)13(10)16/h1-2,4,7-8,12H,3,5-6H2/b10-8+. The highest BCUT2D eigenvalue weighted by Crippen LogP contribution is 2.25. The van der Waals surface area contributed by atoms with E-state index in [4.69, 9.17) is 23.2 Å². The van der Waals surface area contributed by atoms with Crippen LogP contribution >= 0.6 is 23.2 Å². The molecule has 1 aliphatic rings. The smallest absolute Gasteiger partial charge is 0.189 e. The SMILES string of the molecule is O=C1/C(=C/C(Cl)Cl)CCCc2ccccc21. The Hall–Kier alpha value is -0.790. The van der Waals surface area contributed by atoms with Crippen molar-refractivity contribution in [3.8, 4) is 0 Å². The van der Waals surface area contributed by atoms with E-state index in [1.165, 1.54) is 0 Å². The number of fused-ring (bicyclic) bond motifs is 1. The van der Waals surface area contributed by atoms with Gasteiger partial charge >= 0.3 is 0 Å². The number of carbonyl (C=O) groups is 1. The van der Waals surface area contributed by atoms with Gasteiger partial charge in [-0.25, -0.2) is 0 Å². The Morgan fingerprint density at radius 2 is 1.94 bits per heavy atom. The first-order valence-corrected chi connectivity index (χ1v) is 6.17. The molecule has 0 spiro atoms. The van der Waals surface area contributed by atoms with Crippen molar-refractivity contribution >= 4 is 29.0 Å². The number of rotatable bonds is 1. The molecule has 16 heavy (non-hydrogen) atoms. The molecule has 0 fully saturated rings. The molecule has 0 unspecified atom stereocenters. The van der Waals surface area contributed by atoms with Crippen molar-refractivity contribution in [3.63, 3.8) is 0 Å². The third kappa shape index (κ3) is 2.47. The minimum atomic E-state index is -0.607. The van der Waals surface area contributed by atoms with Crippen molar-refractivity contribution in [3.05, 3.63) is 47.0 Å². The molecule has 0 bridgehead atoms. The normalized spacial score (nSPS) is 18.7. The third-order valence-corrected chi connectivity index (χ3v) is 3.03. The van der Waals surface area contributed by atoms with Crippen LogP contribution in [0.1, 0.15) is 28.8 Å².